The highest BCUT2D eigenvalue weighted by Crippen LogP contribution is 2.36. The van der Waals surface area contributed by atoms with Gasteiger partial charge in [-0.3, -0.25) is 4.79 Å². The van der Waals surface area contributed by atoms with Crippen LogP contribution in [0.2, 0.25) is 0 Å². The Balaban J connectivity index is 2.43. The summed E-state index contributed by atoms with van der Waals surface area (Å²) in [6.45, 7) is -0.527. The fourth-order valence-electron chi connectivity index (χ4n) is 2.36. The van der Waals surface area contributed by atoms with Crippen LogP contribution >= 0.6 is 0 Å². The second-order valence-electron chi connectivity index (χ2n) is 5.36. The average Bonchev–Trinajstić information content (AvgIpc) is 2.45. The van der Waals surface area contributed by atoms with Gasteiger partial charge in [-0.25, -0.2) is 9.38 Å². The molecule has 0 spiro atoms. The van der Waals surface area contributed by atoms with Gasteiger partial charge in [-0.2, -0.15) is 13.2 Å². The van der Waals surface area contributed by atoms with Crippen LogP contribution in [-0.4, -0.2) is 37.4 Å². The maximum Gasteiger partial charge on any atom is 0.411 e. The van der Waals surface area contributed by atoms with Crippen LogP contribution in [-0.2, 0) is 15.1 Å². The van der Waals surface area contributed by atoms with Gasteiger partial charge in [0.1, 0.15) is 18.5 Å². The number of ether oxygens (including phenoxy) is 2. The first kappa shape index (κ1) is 18.0. The van der Waals surface area contributed by atoms with E-state index in [-0.39, 0.29) is 23.7 Å². The van der Waals surface area contributed by atoms with E-state index >= 15 is 0 Å². The van der Waals surface area contributed by atoms with Crippen molar-refractivity contribution in [1.29, 1.82) is 0 Å². The fraction of sp³-hybridized carbons (Fsp3) is 0.429. The molecule has 4 N–H and O–H groups in total. The lowest BCUT2D eigenvalue weighted by molar-refractivity contribution is -0.207. The Morgan fingerprint density at radius 3 is 2.75 bits per heavy atom. The van der Waals surface area contributed by atoms with E-state index in [2.05, 4.69) is 4.99 Å². The molecule has 6 nitrogen and oxygen atoms in total. The Hall–Kier alpha value is -2.36. The minimum absolute atomic E-state index is 0.0353. The predicted molar refractivity (Wildman–Crippen MR) is 75.6 cm³/mol. The maximum absolute atomic E-state index is 14.2. The SMILES string of the molecule is C[C@]1(c2cc(C(N)=O)ccc2F)OC(N)=NC[C@H]1OCC(F)(F)F. The predicted octanol–water partition coefficient (Wildman–Crippen LogP) is 1.43. The van der Waals surface area contributed by atoms with Crippen LogP contribution in [0, 0.1) is 5.82 Å². The van der Waals surface area contributed by atoms with Gasteiger partial charge in [0.05, 0.1) is 6.54 Å². The zero-order valence-corrected chi connectivity index (χ0v) is 12.6. The number of primary amides is 1. The summed E-state index contributed by atoms with van der Waals surface area (Å²) in [7, 11) is 0. The number of benzene rings is 1. The molecular weight excluding hydrogens is 334 g/mol. The maximum atomic E-state index is 14.2. The third-order valence-corrected chi connectivity index (χ3v) is 3.58. The van der Waals surface area contributed by atoms with Crippen molar-refractivity contribution in [3.63, 3.8) is 0 Å². The molecule has 0 saturated heterocycles. The number of hydrogen-bond donors (Lipinski definition) is 2. The monoisotopic (exact) mass is 349 g/mol. The normalized spacial score (nSPS) is 24.2. The van der Waals surface area contributed by atoms with Gasteiger partial charge in [0.15, 0.2) is 5.60 Å². The van der Waals surface area contributed by atoms with Crippen molar-refractivity contribution in [2.75, 3.05) is 13.2 Å². The lowest BCUT2D eigenvalue weighted by Gasteiger charge is -2.40. The van der Waals surface area contributed by atoms with E-state index in [1.54, 1.807) is 0 Å². The van der Waals surface area contributed by atoms with Gasteiger partial charge in [0.2, 0.25) is 5.91 Å². The summed E-state index contributed by atoms with van der Waals surface area (Å²) in [4.78, 5) is 15.0. The minimum atomic E-state index is -4.58. The van der Waals surface area contributed by atoms with Crippen molar-refractivity contribution < 1.29 is 31.8 Å². The summed E-state index contributed by atoms with van der Waals surface area (Å²) >= 11 is 0. The molecule has 1 aliphatic rings. The first-order chi connectivity index (χ1) is 11.0. The number of carbonyl (C=O) groups excluding carboxylic acids is 1. The van der Waals surface area contributed by atoms with Gasteiger partial charge >= 0.3 is 6.18 Å². The summed E-state index contributed by atoms with van der Waals surface area (Å²) in [6, 6.07) is 2.89. The van der Waals surface area contributed by atoms with E-state index in [0.717, 1.165) is 18.2 Å². The second-order valence-corrected chi connectivity index (χ2v) is 5.36. The fourth-order valence-corrected chi connectivity index (χ4v) is 2.36. The zero-order valence-electron chi connectivity index (χ0n) is 12.6. The molecule has 24 heavy (non-hydrogen) atoms. The van der Waals surface area contributed by atoms with E-state index in [4.69, 9.17) is 20.9 Å². The van der Waals surface area contributed by atoms with E-state index in [1.165, 1.54) is 6.92 Å². The van der Waals surface area contributed by atoms with Gasteiger partial charge in [-0.1, -0.05) is 0 Å². The topological polar surface area (TPSA) is 99.9 Å². The molecule has 0 aromatic heterocycles. The third kappa shape index (κ3) is 3.75. The van der Waals surface area contributed by atoms with Crippen LogP contribution in [0.4, 0.5) is 17.6 Å². The van der Waals surface area contributed by atoms with Gasteiger partial charge < -0.3 is 20.9 Å². The average molecular weight is 349 g/mol. The first-order valence-electron chi connectivity index (χ1n) is 6.80. The number of amidine groups is 1. The summed E-state index contributed by atoms with van der Waals surface area (Å²) in [5, 5.41) is 0. The molecule has 0 aliphatic carbocycles. The number of aliphatic imine (C=N–C) groups is 1. The number of nitrogens with zero attached hydrogens (tertiary/aromatic N) is 1. The molecule has 0 fully saturated rings. The molecule has 2 atom stereocenters. The van der Waals surface area contributed by atoms with E-state index in [0.29, 0.717) is 0 Å². The Bertz CT molecular complexity index is 678. The molecule has 132 valence electrons. The number of carbonyl (C=O) groups is 1. The van der Waals surface area contributed by atoms with Crippen LogP contribution in [0.5, 0.6) is 0 Å². The molecule has 0 saturated carbocycles. The highest BCUT2D eigenvalue weighted by molar-refractivity contribution is 5.93. The van der Waals surface area contributed by atoms with Crippen LogP contribution in [0.15, 0.2) is 23.2 Å². The molecule has 1 amide bonds. The minimum Gasteiger partial charge on any atom is -0.451 e. The quantitative estimate of drug-likeness (QED) is 0.803. The summed E-state index contributed by atoms with van der Waals surface area (Å²) < 4.78 is 61.7. The van der Waals surface area contributed by atoms with Crippen LogP contribution in [0.3, 0.4) is 0 Å². The molecule has 1 aromatic rings. The van der Waals surface area contributed by atoms with Crippen molar-refractivity contribution in [2.45, 2.75) is 24.8 Å². The standard InChI is InChI=1S/C14H15F4N3O3/c1-13(8-4-7(11(19)22)2-3-9(8)15)10(5-21-12(20)24-13)23-6-14(16,17)18/h2-4,10H,5-6H2,1H3,(H2,19,22)(H2,20,21)/t10-,13-/m1/s1. The summed E-state index contributed by atoms with van der Waals surface area (Å²) in [6.07, 6.45) is -5.86. The number of halogens is 4. The number of nitrogens with two attached hydrogens (primary N) is 2. The van der Waals surface area contributed by atoms with Crippen molar-refractivity contribution in [2.24, 2.45) is 16.5 Å². The first-order valence-corrected chi connectivity index (χ1v) is 6.80. The van der Waals surface area contributed by atoms with Crippen LogP contribution in [0.25, 0.3) is 0 Å². The highest BCUT2D eigenvalue weighted by atomic mass is 19.4. The Labute approximate surface area is 134 Å². The Kier molecular flexibility index (Phi) is 4.70. The second kappa shape index (κ2) is 6.27. The molecule has 0 unspecified atom stereocenters. The van der Waals surface area contributed by atoms with Gasteiger partial charge in [0.25, 0.3) is 6.02 Å². The van der Waals surface area contributed by atoms with Gasteiger partial charge in [-0.15, -0.1) is 0 Å². The lowest BCUT2D eigenvalue weighted by Crippen LogP contribution is -2.51. The number of alkyl halides is 3. The van der Waals surface area contributed by atoms with E-state index in [9.17, 15) is 22.4 Å². The highest BCUT2D eigenvalue weighted by Gasteiger charge is 2.46. The molecule has 10 heteroatoms. The van der Waals surface area contributed by atoms with E-state index < -0.39 is 36.2 Å². The molecular formula is C14H15F4N3O3. The van der Waals surface area contributed by atoms with Crippen LogP contribution < -0.4 is 11.5 Å². The Morgan fingerprint density at radius 2 is 2.17 bits per heavy atom. The molecule has 1 aliphatic heterocycles. The summed E-state index contributed by atoms with van der Waals surface area (Å²) in [5.41, 5.74) is 8.67. The van der Waals surface area contributed by atoms with Crippen molar-refractivity contribution >= 4 is 11.9 Å². The zero-order chi connectivity index (χ0) is 18.1. The number of hydrogen-bond acceptors (Lipinski definition) is 5. The molecule has 0 radical (unpaired) electrons. The smallest absolute Gasteiger partial charge is 0.411 e. The third-order valence-electron chi connectivity index (χ3n) is 3.58. The van der Waals surface area contributed by atoms with Crippen molar-refractivity contribution in [3.8, 4) is 0 Å². The molecule has 0 bridgehead atoms. The number of amides is 1. The van der Waals surface area contributed by atoms with Gasteiger partial charge in [-0.05, 0) is 25.1 Å². The van der Waals surface area contributed by atoms with E-state index in [1.807, 2.05) is 0 Å². The molecule has 1 aromatic carbocycles. The lowest BCUT2D eigenvalue weighted by atomic mass is 9.87. The number of rotatable bonds is 4. The Morgan fingerprint density at radius 1 is 1.50 bits per heavy atom. The largest absolute Gasteiger partial charge is 0.451 e. The molecule has 2 rings (SSSR count). The van der Waals surface area contributed by atoms with Gasteiger partial charge in [0, 0.05) is 11.1 Å². The van der Waals surface area contributed by atoms with Crippen molar-refractivity contribution in [3.05, 3.63) is 35.1 Å². The van der Waals surface area contributed by atoms with Crippen LogP contribution in [0.1, 0.15) is 22.8 Å². The molecule has 1 heterocycles. The summed E-state index contributed by atoms with van der Waals surface area (Å²) in [5.74, 6) is -1.64. The van der Waals surface area contributed by atoms with Crippen molar-refractivity contribution in [1.82, 2.24) is 0 Å².